The van der Waals surface area contributed by atoms with Gasteiger partial charge in [-0.05, 0) is 43.0 Å². The zero-order valence-electron chi connectivity index (χ0n) is 16.0. The highest BCUT2D eigenvalue weighted by Gasteiger charge is 2.18. The molecular weight excluding hydrogens is 398 g/mol. The number of thiol groups is 1. The lowest BCUT2D eigenvalue weighted by Crippen LogP contribution is -2.31. The van der Waals surface area contributed by atoms with Crippen LogP contribution in [0.5, 0.6) is 0 Å². The number of anilines is 1. The van der Waals surface area contributed by atoms with Gasteiger partial charge in [-0.2, -0.15) is 0 Å². The Labute approximate surface area is 173 Å². The Morgan fingerprint density at radius 3 is 2.69 bits per heavy atom. The molecule has 3 aromatic heterocycles. The first-order valence-corrected chi connectivity index (χ1v) is 9.69. The number of aryl methyl sites for hydroxylation is 1. The summed E-state index contributed by atoms with van der Waals surface area (Å²) in [4.78, 5) is 8.19. The van der Waals surface area contributed by atoms with Gasteiger partial charge in [-0.1, -0.05) is 18.9 Å². The van der Waals surface area contributed by atoms with Gasteiger partial charge < -0.3 is 10.8 Å². The number of hydrogen-bond donors (Lipinski definition) is 3. The molecule has 1 fully saturated rings. The summed E-state index contributed by atoms with van der Waals surface area (Å²) < 4.78 is 29.0. The maximum atomic E-state index is 12.8. The molecule has 29 heavy (non-hydrogen) atoms. The predicted octanol–water partition coefficient (Wildman–Crippen LogP) is 2.78. The van der Waals surface area contributed by atoms with Crippen LogP contribution in [0.25, 0.3) is 16.9 Å². The molecule has 0 radical (unpaired) electrons. The molecule has 10 heteroatoms. The maximum absolute atomic E-state index is 12.8. The van der Waals surface area contributed by atoms with Gasteiger partial charge in [-0.3, -0.25) is 9.29 Å². The van der Waals surface area contributed by atoms with Crippen molar-refractivity contribution in [2.75, 3.05) is 18.8 Å². The first kappa shape index (κ1) is 21.4. The van der Waals surface area contributed by atoms with Crippen molar-refractivity contribution in [2.45, 2.75) is 38.7 Å². The normalized spacial score (nSPS) is 17.4. The fraction of sp³-hybridized carbons (Fsp3) is 0.421. The molecule has 3 aromatic rings. The summed E-state index contributed by atoms with van der Waals surface area (Å²) in [5.74, 6) is 0.0788. The summed E-state index contributed by atoms with van der Waals surface area (Å²) >= 11 is 4.09. The SMILES string of the molecule is Cc1ccc(-c2c(CC(F)F)cc3cnc(N)nn23)nc1.OC1CCCN(S)C1. The average Bonchev–Trinajstić information content (AvgIpc) is 2.99. The van der Waals surface area contributed by atoms with Gasteiger partial charge >= 0.3 is 0 Å². The highest BCUT2D eigenvalue weighted by Crippen LogP contribution is 2.27. The van der Waals surface area contributed by atoms with Crippen LogP contribution in [0.3, 0.4) is 0 Å². The Kier molecular flexibility index (Phi) is 6.99. The number of halogens is 2. The van der Waals surface area contributed by atoms with Crippen molar-refractivity contribution in [2.24, 2.45) is 0 Å². The van der Waals surface area contributed by atoms with Crippen molar-refractivity contribution in [3.05, 3.63) is 41.7 Å². The number of hydrogen-bond acceptors (Lipinski definition) is 7. The number of aromatic nitrogens is 4. The first-order valence-electron chi connectivity index (χ1n) is 9.29. The molecule has 7 nitrogen and oxygen atoms in total. The lowest BCUT2D eigenvalue weighted by molar-refractivity contribution is 0.113. The maximum Gasteiger partial charge on any atom is 0.242 e. The number of aliphatic hydroxyl groups is 1. The largest absolute Gasteiger partial charge is 0.392 e. The molecule has 0 saturated carbocycles. The van der Waals surface area contributed by atoms with Gasteiger partial charge in [0.2, 0.25) is 12.4 Å². The molecule has 1 atom stereocenters. The fourth-order valence-corrected chi connectivity index (χ4v) is 3.50. The van der Waals surface area contributed by atoms with Crippen LogP contribution in [0.1, 0.15) is 24.0 Å². The van der Waals surface area contributed by atoms with E-state index in [0.717, 1.165) is 31.5 Å². The van der Waals surface area contributed by atoms with Gasteiger partial charge in [0, 0.05) is 25.7 Å². The number of fused-ring (bicyclic) bond motifs is 1. The van der Waals surface area contributed by atoms with Crippen molar-refractivity contribution in [1.29, 1.82) is 0 Å². The molecule has 4 rings (SSSR count). The van der Waals surface area contributed by atoms with E-state index < -0.39 is 6.43 Å². The Balaban J connectivity index is 0.000000252. The minimum atomic E-state index is -2.45. The molecule has 1 saturated heterocycles. The van der Waals surface area contributed by atoms with E-state index in [1.807, 2.05) is 17.3 Å². The van der Waals surface area contributed by atoms with E-state index in [1.165, 1.54) is 10.7 Å². The Morgan fingerprint density at radius 1 is 1.31 bits per heavy atom. The van der Waals surface area contributed by atoms with E-state index in [2.05, 4.69) is 27.9 Å². The standard InChI is InChI=1S/C14H13F2N5.C5H11NOS/c1-8-2-3-11(18-6-8)13-9(5-12(15)16)4-10-7-19-14(17)20-21(10)13;7-5-2-1-3-6(8)4-5/h2-4,6-7,12H,5H2,1H3,(H2,17,20);5,7-8H,1-4H2. The van der Waals surface area contributed by atoms with Crippen LogP contribution in [0.4, 0.5) is 14.7 Å². The van der Waals surface area contributed by atoms with Crippen molar-refractivity contribution in [3.8, 4) is 11.4 Å². The third kappa shape index (κ3) is 5.62. The average molecular weight is 423 g/mol. The second-order valence-electron chi connectivity index (χ2n) is 7.00. The van der Waals surface area contributed by atoms with E-state index >= 15 is 0 Å². The second-order valence-corrected chi connectivity index (χ2v) is 7.56. The lowest BCUT2D eigenvalue weighted by atomic mass is 10.1. The fourth-order valence-electron chi connectivity index (χ4n) is 3.17. The quantitative estimate of drug-likeness (QED) is 0.562. The third-order valence-corrected chi connectivity index (χ3v) is 4.88. The van der Waals surface area contributed by atoms with Gasteiger partial charge in [-0.15, -0.1) is 5.10 Å². The number of rotatable bonds is 3. The minimum Gasteiger partial charge on any atom is -0.392 e. The van der Waals surface area contributed by atoms with Crippen LogP contribution in [0.2, 0.25) is 0 Å². The molecule has 0 aliphatic carbocycles. The number of nitrogen functional groups attached to an aromatic ring is 1. The van der Waals surface area contributed by atoms with Gasteiger partial charge in [0.1, 0.15) is 0 Å². The Bertz CT molecular complexity index is 942. The van der Waals surface area contributed by atoms with E-state index in [4.69, 9.17) is 10.8 Å². The smallest absolute Gasteiger partial charge is 0.242 e. The number of nitrogens with two attached hydrogens (primary N) is 1. The summed E-state index contributed by atoms with van der Waals surface area (Å²) in [7, 11) is 0. The van der Waals surface area contributed by atoms with Crippen molar-refractivity contribution < 1.29 is 13.9 Å². The number of aliphatic hydroxyl groups excluding tert-OH is 1. The highest BCUT2D eigenvalue weighted by atomic mass is 32.1. The molecule has 0 bridgehead atoms. The topological polar surface area (TPSA) is 92.6 Å². The highest BCUT2D eigenvalue weighted by molar-refractivity contribution is 7.77. The molecular formula is C19H24F2N6OS. The lowest BCUT2D eigenvalue weighted by Gasteiger charge is -2.24. The molecule has 156 valence electrons. The van der Waals surface area contributed by atoms with Crippen molar-refractivity contribution in [1.82, 2.24) is 23.9 Å². The van der Waals surface area contributed by atoms with Crippen molar-refractivity contribution in [3.63, 3.8) is 0 Å². The Morgan fingerprint density at radius 2 is 2.10 bits per heavy atom. The van der Waals surface area contributed by atoms with E-state index in [-0.39, 0.29) is 18.5 Å². The minimum absolute atomic E-state index is 0.0788. The van der Waals surface area contributed by atoms with Gasteiger partial charge in [-0.25, -0.2) is 18.3 Å². The number of alkyl halides is 2. The van der Waals surface area contributed by atoms with Crippen LogP contribution in [0, 0.1) is 6.92 Å². The van der Waals surface area contributed by atoms with Gasteiger partial charge in [0.25, 0.3) is 0 Å². The van der Waals surface area contributed by atoms with Crippen LogP contribution < -0.4 is 5.73 Å². The van der Waals surface area contributed by atoms with E-state index in [1.54, 1.807) is 18.3 Å². The second kappa shape index (κ2) is 9.47. The molecule has 4 heterocycles. The molecule has 0 spiro atoms. The van der Waals surface area contributed by atoms with Crippen LogP contribution in [0.15, 0.2) is 30.6 Å². The summed E-state index contributed by atoms with van der Waals surface area (Å²) in [6.45, 7) is 3.65. The number of β-amino-alcohol motifs (C(OH)–C–C–N with tert-alkyl or cyclic N) is 1. The molecule has 1 aliphatic rings. The van der Waals surface area contributed by atoms with Crippen LogP contribution in [-0.4, -0.2) is 54.6 Å². The summed E-state index contributed by atoms with van der Waals surface area (Å²) in [6, 6.07) is 5.30. The van der Waals surface area contributed by atoms with Gasteiger partial charge in [0.15, 0.2) is 0 Å². The molecule has 0 aromatic carbocycles. The van der Waals surface area contributed by atoms with Crippen LogP contribution in [-0.2, 0) is 6.42 Å². The molecule has 1 aliphatic heterocycles. The number of nitrogens with zero attached hydrogens (tertiary/aromatic N) is 5. The summed E-state index contributed by atoms with van der Waals surface area (Å²) in [5.41, 5.74) is 8.77. The van der Waals surface area contributed by atoms with Crippen LogP contribution >= 0.6 is 12.8 Å². The molecule has 1 unspecified atom stereocenters. The first-order chi connectivity index (χ1) is 13.8. The number of piperidine rings is 1. The zero-order valence-corrected chi connectivity index (χ0v) is 16.9. The molecule has 3 N–H and O–H groups in total. The van der Waals surface area contributed by atoms with E-state index in [9.17, 15) is 8.78 Å². The summed E-state index contributed by atoms with van der Waals surface area (Å²) in [5, 5.41) is 13.1. The summed E-state index contributed by atoms with van der Waals surface area (Å²) in [6.07, 6.45) is 2.26. The monoisotopic (exact) mass is 422 g/mol. The van der Waals surface area contributed by atoms with E-state index in [0.29, 0.717) is 22.5 Å². The predicted molar refractivity (Wildman–Crippen MR) is 111 cm³/mol. The zero-order chi connectivity index (χ0) is 21.0. The Hall–Kier alpha value is -2.30. The molecule has 0 amide bonds. The third-order valence-electron chi connectivity index (χ3n) is 4.52. The number of pyridine rings is 1. The van der Waals surface area contributed by atoms with Gasteiger partial charge in [0.05, 0.1) is 29.2 Å². The van der Waals surface area contributed by atoms with Crippen molar-refractivity contribution >= 4 is 24.3 Å².